The first-order chi connectivity index (χ1) is 13.5. The number of benzene rings is 1. The van der Waals surface area contributed by atoms with Crippen molar-refractivity contribution in [2.24, 2.45) is 0 Å². The highest BCUT2D eigenvalue weighted by atomic mass is 16.5. The van der Waals surface area contributed by atoms with Crippen molar-refractivity contribution < 1.29 is 18.7 Å². The van der Waals surface area contributed by atoms with Gasteiger partial charge in [-0.1, -0.05) is 6.42 Å². The van der Waals surface area contributed by atoms with Gasteiger partial charge in [-0.05, 0) is 63.9 Å². The first-order valence-corrected chi connectivity index (χ1v) is 10.0. The largest absolute Gasteiger partial charge is 0.496 e. The number of ether oxygens (including phenoxy) is 2. The molecule has 1 atom stereocenters. The lowest BCUT2D eigenvalue weighted by Gasteiger charge is -2.34. The fourth-order valence-electron chi connectivity index (χ4n) is 3.81. The summed E-state index contributed by atoms with van der Waals surface area (Å²) < 4.78 is 16.4. The van der Waals surface area contributed by atoms with Gasteiger partial charge in [-0.3, -0.25) is 9.69 Å². The van der Waals surface area contributed by atoms with E-state index < -0.39 is 0 Å². The van der Waals surface area contributed by atoms with E-state index in [-0.39, 0.29) is 12.0 Å². The van der Waals surface area contributed by atoms with Crippen LogP contribution in [0.3, 0.4) is 0 Å². The number of nitrogens with zero attached hydrogens (tertiary/aromatic N) is 2. The fourth-order valence-corrected chi connectivity index (χ4v) is 3.81. The van der Waals surface area contributed by atoms with Crippen molar-refractivity contribution in [2.75, 3.05) is 20.3 Å². The van der Waals surface area contributed by atoms with Crippen LogP contribution in [0.25, 0.3) is 11.5 Å². The van der Waals surface area contributed by atoms with E-state index in [0.717, 1.165) is 54.1 Å². The number of hydrogen-bond donors (Lipinski definition) is 0. The highest BCUT2D eigenvalue weighted by Crippen LogP contribution is 2.29. The third kappa shape index (κ3) is 4.73. The average molecular weight is 386 g/mol. The zero-order valence-corrected chi connectivity index (χ0v) is 17.3. The van der Waals surface area contributed by atoms with Crippen molar-refractivity contribution in [1.82, 2.24) is 9.88 Å². The zero-order chi connectivity index (χ0) is 20.1. The van der Waals surface area contributed by atoms with E-state index in [1.807, 2.05) is 39.0 Å². The molecule has 0 spiro atoms. The predicted octanol–water partition coefficient (Wildman–Crippen LogP) is 4.27. The minimum absolute atomic E-state index is 0.120. The number of esters is 1. The number of rotatable bonds is 7. The van der Waals surface area contributed by atoms with Crippen LogP contribution in [0.2, 0.25) is 0 Å². The second kappa shape index (κ2) is 9.24. The summed E-state index contributed by atoms with van der Waals surface area (Å²) in [7, 11) is 1.67. The summed E-state index contributed by atoms with van der Waals surface area (Å²) in [6.07, 6.45) is 3.74. The van der Waals surface area contributed by atoms with E-state index in [4.69, 9.17) is 18.9 Å². The van der Waals surface area contributed by atoms with E-state index >= 15 is 0 Å². The number of carbonyl (C=O) groups is 1. The molecule has 152 valence electrons. The topological polar surface area (TPSA) is 64.8 Å². The Labute approximate surface area is 166 Å². The molecule has 6 heteroatoms. The summed E-state index contributed by atoms with van der Waals surface area (Å²) >= 11 is 0. The lowest BCUT2D eigenvalue weighted by atomic mass is 9.99. The molecule has 0 amide bonds. The number of oxazole rings is 1. The van der Waals surface area contributed by atoms with E-state index in [1.54, 1.807) is 7.11 Å². The van der Waals surface area contributed by atoms with Crippen molar-refractivity contribution in [1.29, 1.82) is 0 Å². The molecule has 1 aliphatic rings. The number of likely N-dealkylation sites (tertiary alicyclic amines) is 1. The smallest absolute Gasteiger partial charge is 0.307 e. The molecule has 3 rings (SSSR count). The number of aromatic nitrogens is 1. The second-order valence-electron chi connectivity index (χ2n) is 7.34. The van der Waals surface area contributed by atoms with Crippen molar-refractivity contribution in [3.63, 3.8) is 0 Å². The first kappa shape index (κ1) is 20.4. The van der Waals surface area contributed by atoms with Gasteiger partial charge in [0.15, 0.2) is 0 Å². The summed E-state index contributed by atoms with van der Waals surface area (Å²) in [5.74, 6) is 2.18. The molecule has 6 nitrogen and oxygen atoms in total. The molecule has 0 radical (unpaired) electrons. The zero-order valence-electron chi connectivity index (χ0n) is 17.3. The van der Waals surface area contributed by atoms with Gasteiger partial charge < -0.3 is 13.9 Å². The van der Waals surface area contributed by atoms with Crippen LogP contribution in [0.1, 0.15) is 49.6 Å². The molecular weight excluding hydrogens is 356 g/mol. The Bertz CT molecular complexity index is 815. The summed E-state index contributed by atoms with van der Waals surface area (Å²) in [5.41, 5.74) is 2.91. The highest BCUT2D eigenvalue weighted by molar-refractivity contribution is 5.70. The molecule has 0 aliphatic carbocycles. The minimum atomic E-state index is -0.120. The summed E-state index contributed by atoms with van der Waals surface area (Å²) in [6, 6.07) is 6.13. The van der Waals surface area contributed by atoms with Crippen LogP contribution >= 0.6 is 0 Å². The van der Waals surface area contributed by atoms with E-state index in [0.29, 0.717) is 25.5 Å². The van der Waals surface area contributed by atoms with Crippen LogP contribution in [0.4, 0.5) is 0 Å². The lowest BCUT2D eigenvalue weighted by molar-refractivity contribution is -0.145. The number of carbonyl (C=O) groups excluding carboxylic acids is 1. The molecule has 0 bridgehead atoms. The molecule has 2 heterocycles. The van der Waals surface area contributed by atoms with Gasteiger partial charge in [-0.25, -0.2) is 4.98 Å². The Morgan fingerprint density at radius 2 is 2.14 bits per heavy atom. The van der Waals surface area contributed by atoms with Gasteiger partial charge in [0.2, 0.25) is 5.89 Å². The monoisotopic (exact) mass is 386 g/mol. The van der Waals surface area contributed by atoms with Crippen LogP contribution in [0.15, 0.2) is 22.6 Å². The van der Waals surface area contributed by atoms with Crippen molar-refractivity contribution >= 4 is 5.97 Å². The standard InChI is InChI=1S/C22H30N2O4/c1-5-27-21(25)13-18-8-6-7-11-24(18)14-19-16(3)28-22(23-19)17-9-10-20(26-4)15(2)12-17/h9-10,12,18H,5-8,11,13-14H2,1-4H3/t18-/m0/s1. The van der Waals surface area contributed by atoms with Crippen molar-refractivity contribution in [3.05, 3.63) is 35.2 Å². The molecule has 1 aromatic carbocycles. The highest BCUT2D eigenvalue weighted by Gasteiger charge is 2.27. The molecule has 1 fully saturated rings. The van der Waals surface area contributed by atoms with Gasteiger partial charge in [-0.2, -0.15) is 0 Å². The Kier molecular flexibility index (Phi) is 6.73. The average Bonchev–Trinajstić information content (AvgIpc) is 3.04. The number of aryl methyl sites for hydroxylation is 2. The van der Waals surface area contributed by atoms with Crippen LogP contribution in [0, 0.1) is 13.8 Å². The quantitative estimate of drug-likeness (QED) is 0.662. The van der Waals surface area contributed by atoms with Gasteiger partial charge in [0, 0.05) is 18.2 Å². The van der Waals surface area contributed by atoms with Crippen LogP contribution in [0.5, 0.6) is 5.75 Å². The molecule has 1 aromatic heterocycles. The maximum absolute atomic E-state index is 12.0. The maximum Gasteiger partial charge on any atom is 0.307 e. The third-order valence-corrected chi connectivity index (χ3v) is 5.34. The SMILES string of the molecule is CCOC(=O)C[C@@H]1CCCCN1Cc1nc(-c2ccc(OC)c(C)c2)oc1C. The van der Waals surface area contributed by atoms with E-state index in [2.05, 4.69) is 4.90 Å². The molecule has 28 heavy (non-hydrogen) atoms. The van der Waals surface area contributed by atoms with Gasteiger partial charge in [0.1, 0.15) is 11.5 Å². The van der Waals surface area contributed by atoms with E-state index in [9.17, 15) is 4.79 Å². The van der Waals surface area contributed by atoms with Gasteiger partial charge in [0.05, 0.1) is 25.8 Å². The van der Waals surface area contributed by atoms with Gasteiger partial charge in [-0.15, -0.1) is 0 Å². The molecule has 0 unspecified atom stereocenters. The molecule has 0 saturated carbocycles. The number of hydrogen-bond acceptors (Lipinski definition) is 6. The molecule has 1 saturated heterocycles. The Hall–Kier alpha value is -2.34. The van der Waals surface area contributed by atoms with E-state index in [1.165, 1.54) is 0 Å². The van der Waals surface area contributed by atoms with Crippen LogP contribution in [-0.4, -0.2) is 42.2 Å². The van der Waals surface area contributed by atoms with Gasteiger partial charge >= 0.3 is 5.97 Å². The molecule has 2 aromatic rings. The third-order valence-electron chi connectivity index (χ3n) is 5.34. The number of piperidine rings is 1. The fraction of sp³-hybridized carbons (Fsp3) is 0.545. The maximum atomic E-state index is 12.0. The number of methoxy groups -OCH3 is 1. The van der Waals surface area contributed by atoms with Crippen LogP contribution < -0.4 is 4.74 Å². The van der Waals surface area contributed by atoms with Crippen molar-refractivity contribution in [3.8, 4) is 17.2 Å². The molecular formula is C22H30N2O4. The lowest BCUT2D eigenvalue weighted by Crippen LogP contribution is -2.40. The van der Waals surface area contributed by atoms with Gasteiger partial charge in [0.25, 0.3) is 0 Å². The Morgan fingerprint density at radius 1 is 1.32 bits per heavy atom. The van der Waals surface area contributed by atoms with Crippen LogP contribution in [-0.2, 0) is 16.1 Å². The Balaban J connectivity index is 1.75. The molecule has 0 N–H and O–H groups in total. The summed E-state index contributed by atoms with van der Waals surface area (Å²) in [6.45, 7) is 7.89. The van der Waals surface area contributed by atoms with Crippen molar-refractivity contribution in [2.45, 2.75) is 59.0 Å². The molecule has 1 aliphatic heterocycles. The summed E-state index contributed by atoms with van der Waals surface area (Å²) in [5, 5.41) is 0. The first-order valence-electron chi connectivity index (χ1n) is 10.0. The summed E-state index contributed by atoms with van der Waals surface area (Å²) in [4.78, 5) is 19.1. The Morgan fingerprint density at radius 3 is 2.86 bits per heavy atom. The minimum Gasteiger partial charge on any atom is -0.496 e. The second-order valence-corrected chi connectivity index (χ2v) is 7.34. The normalized spacial score (nSPS) is 17.5. The predicted molar refractivity (Wildman–Crippen MR) is 107 cm³/mol.